The van der Waals surface area contributed by atoms with Crippen LogP contribution >= 0.6 is 0 Å². The average molecular weight is 232 g/mol. The van der Waals surface area contributed by atoms with Crippen molar-refractivity contribution < 1.29 is 0 Å². The molecule has 0 radical (unpaired) electrons. The zero-order valence-corrected chi connectivity index (χ0v) is 11.3. The second-order valence-corrected chi connectivity index (χ2v) is 5.45. The zero-order valence-electron chi connectivity index (χ0n) is 11.3. The van der Waals surface area contributed by atoms with E-state index in [1.165, 1.54) is 36.9 Å². The van der Waals surface area contributed by atoms with Crippen LogP contribution in [0.1, 0.15) is 51.3 Å². The molecule has 0 spiro atoms. The Bertz CT molecular complexity index is 373. The quantitative estimate of drug-likeness (QED) is 0.835. The zero-order chi connectivity index (χ0) is 12.3. The van der Waals surface area contributed by atoms with Gasteiger partial charge >= 0.3 is 0 Å². The molecule has 2 unspecified atom stereocenters. The summed E-state index contributed by atoms with van der Waals surface area (Å²) in [5, 5.41) is 3.53. The predicted molar refractivity (Wildman–Crippen MR) is 73.4 cm³/mol. The van der Waals surface area contributed by atoms with Crippen molar-refractivity contribution in [1.82, 2.24) is 4.98 Å². The molecular weight excluding hydrogens is 208 g/mol. The molecule has 1 aliphatic carbocycles. The topological polar surface area (TPSA) is 24.9 Å². The van der Waals surface area contributed by atoms with E-state index in [1.807, 2.05) is 0 Å². The van der Waals surface area contributed by atoms with Crippen LogP contribution in [-0.4, -0.2) is 11.0 Å². The van der Waals surface area contributed by atoms with Crippen molar-refractivity contribution in [2.45, 2.75) is 58.9 Å². The van der Waals surface area contributed by atoms with Crippen LogP contribution < -0.4 is 5.32 Å². The first-order valence-electron chi connectivity index (χ1n) is 6.94. The number of aromatic nitrogens is 1. The van der Waals surface area contributed by atoms with E-state index in [1.54, 1.807) is 0 Å². The number of rotatable bonds is 5. The molecule has 2 nitrogen and oxygen atoms in total. The van der Waals surface area contributed by atoms with E-state index in [4.69, 9.17) is 4.98 Å². The summed E-state index contributed by atoms with van der Waals surface area (Å²) < 4.78 is 0. The van der Waals surface area contributed by atoms with Gasteiger partial charge in [-0.05, 0) is 50.2 Å². The van der Waals surface area contributed by atoms with Crippen molar-refractivity contribution in [3.8, 4) is 0 Å². The van der Waals surface area contributed by atoms with Crippen molar-refractivity contribution in [3.05, 3.63) is 23.4 Å². The molecule has 0 amide bonds. The Morgan fingerprint density at radius 2 is 2.12 bits per heavy atom. The summed E-state index contributed by atoms with van der Waals surface area (Å²) in [6, 6.07) is 4.89. The lowest BCUT2D eigenvalue weighted by atomic mass is 10.0. The Morgan fingerprint density at radius 3 is 2.88 bits per heavy atom. The predicted octanol–water partition coefficient (Wildman–Crippen LogP) is 3.81. The van der Waals surface area contributed by atoms with Gasteiger partial charge < -0.3 is 5.32 Å². The molecule has 1 aromatic rings. The maximum atomic E-state index is 4.72. The molecule has 2 atom stereocenters. The minimum atomic E-state index is 0.511. The highest BCUT2D eigenvalue weighted by Gasteiger charge is 2.13. The van der Waals surface area contributed by atoms with E-state index in [2.05, 4.69) is 38.2 Å². The van der Waals surface area contributed by atoms with E-state index < -0.39 is 0 Å². The lowest BCUT2D eigenvalue weighted by molar-refractivity contribution is 0.483. The van der Waals surface area contributed by atoms with Crippen LogP contribution in [0.3, 0.4) is 0 Å². The Labute approximate surface area is 105 Å². The summed E-state index contributed by atoms with van der Waals surface area (Å²) in [6.07, 6.45) is 6.11. The fourth-order valence-electron chi connectivity index (χ4n) is 2.58. The number of nitrogens with one attached hydrogen (secondary N) is 1. The molecule has 0 fully saturated rings. The minimum Gasteiger partial charge on any atom is -0.368 e. The normalized spacial score (nSPS) is 17.6. The molecule has 0 bridgehead atoms. The van der Waals surface area contributed by atoms with Gasteiger partial charge in [-0.3, -0.25) is 0 Å². The number of pyridine rings is 1. The molecular formula is C15H24N2. The Kier molecular flexibility index (Phi) is 4.03. The second kappa shape index (κ2) is 5.52. The molecule has 94 valence electrons. The number of anilines is 1. The average Bonchev–Trinajstić information content (AvgIpc) is 2.75. The first kappa shape index (κ1) is 12.4. The second-order valence-electron chi connectivity index (χ2n) is 5.45. The van der Waals surface area contributed by atoms with Gasteiger partial charge in [-0.25, -0.2) is 4.98 Å². The summed E-state index contributed by atoms with van der Waals surface area (Å²) >= 11 is 0. The first-order valence-corrected chi connectivity index (χ1v) is 6.94. The lowest BCUT2D eigenvalue weighted by Gasteiger charge is -2.18. The van der Waals surface area contributed by atoms with Gasteiger partial charge in [0.05, 0.1) is 0 Å². The van der Waals surface area contributed by atoms with Gasteiger partial charge in [-0.2, -0.15) is 0 Å². The fourth-order valence-corrected chi connectivity index (χ4v) is 2.58. The molecule has 17 heavy (non-hydrogen) atoms. The maximum absolute atomic E-state index is 4.72. The van der Waals surface area contributed by atoms with E-state index in [0.717, 1.165) is 18.2 Å². The van der Waals surface area contributed by atoms with Gasteiger partial charge in [0.15, 0.2) is 0 Å². The van der Waals surface area contributed by atoms with E-state index in [0.29, 0.717) is 6.04 Å². The number of nitrogens with zero attached hydrogens (tertiary/aromatic N) is 1. The molecule has 1 aliphatic rings. The molecule has 0 saturated heterocycles. The first-order chi connectivity index (χ1) is 8.19. The van der Waals surface area contributed by atoms with Gasteiger partial charge in [0, 0.05) is 11.7 Å². The molecule has 0 saturated carbocycles. The van der Waals surface area contributed by atoms with Crippen LogP contribution in [0.5, 0.6) is 0 Å². The highest BCUT2D eigenvalue weighted by molar-refractivity contribution is 5.41. The Hall–Kier alpha value is -1.05. The third-order valence-corrected chi connectivity index (χ3v) is 3.78. The monoisotopic (exact) mass is 232 g/mol. The van der Waals surface area contributed by atoms with Crippen LogP contribution in [-0.2, 0) is 12.8 Å². The van der Waals surface area contributed by atoms with Crippen molar-refractivity contribution in [2.24, 2.45) is 5.92 Å². The van der Waals surface area contributed by atoms with Gasteiger partial charge in [0.1, 0.15) is 5.82 Å². The van der Waals surface area contributed by atoms with Crippen LogP contribution in [0.15, 0.2) is 12.1 Å². The molecule has 2 rings (SSSR count). The third kappa shape index (κ3) is 3.21. The third-order valence-electron chi connectivity index (χ3n) is 3.78. The SMILES string of the molecule is CCC(C)CC(C)Nc1ccc2c(n1)CCC2. The highest BCUT2D eigenvalue weighted by Crippen LogP contribution is 2.22. The summed E-state index contributed by atoms with van der Waals surface area (Å²) in [5.41, 5.74) is 2.76. The smallest absolute Gasteiger partial charge is 0.126 e. The molecule has 0 aliphatic heterocycles. The standard InChI is InChI=1S/C15H24N2/c1-4-11(2)10-12(3)16-15-9-8-13-6-5-7-14(13)17-15/h8-9,11-12H,4-7,10H2,1-3H3,(H,16,17). The Morgan fingerprint density at radius 1 is 1.29 bits per heavy atom. The molecule has 1 aromatic heterocycles. The van der Waals surface area contributed by atoms with E-state index in [9.17, 15) is 0 Å². The van der Waals surface area contributed by atoms with Crippen molar-refractivity contribution in [3.63, 3.8) is 0 Å². The summed E-state index contributed by atoms with van der Waals surface area (Å²) in [4.78, 5) is 4.72. The number of hydrogen-bond donors (Lipinski definition) is 1. The minimum absolute atomic E-state index is 0.511. The summed E-state index contributed by atoms with van der Waals surface area (Å²) in [6.45, 7) is 6.82. The largest absolute Gasteiger partial charge is 0.368 e. The van der Waals surface area contributed by atoms with Gasteiger partial charge in [0.2, 0.25) is 0 Å². The van der Waals surface area contributed by atoms with Gasteiger partial charge in [-0.15, -0.1) is 0 Å². The number of aryl methyl sites for hydroxylation is 2. The van der Waals surface area contributed by atoms with Crippen LogP contribution in [0, 0.1) is 5.92 Å². The molecule has 0 aromatic carbocycles. The van der Waals surface area contributed by atoms with Crippen LogP contribution in [0.4, 0.5) is 5.82 Å². The fraction of sp³-hybridized carbons (Fsp3) is 0.667. The molecule has 2 heteroatoms. The van der Waals surface area contributed by atoms with E-state index in [-0.39, 0.29) is 0 Å². The van der Waals surface area contributed by atoms with Crippen LogP contribution in [0.2, 0.25) is 0 Å². The number of hydrogen-bond acceptors (Lipinski definition) is 2. The number of fused-ring (bicyclic) bond motifs is 1. The molecule has 1 N–H and O–H groups in total. The van der Waals surface area contributed by atoms with Crippen LogP contribution in [0.25, 0.3) is 0 Å². The summed E-state index contributed by atoms with van der Waals surface area (Å²) in [7, 11) is 0. The van der Waals surface area contributed by atoms with Gasteiger partial charge in [-0.1, -0.05) is 26.3 Å². The summed E-state index contributed by atoms with van der Waals surface area (Å²) in [5.74, 6) is 1.84. The maximum Gasteiger partial charge on any atom is 0.126 e. The van der Waals surface area contributed by atoms with Crippen molar-refractivity contribution in [2.75, 3.05) is 5.32 Å². The van der Waals surface area contributed by atoms with E-state index >= 15 is 0 Å². The van der Waals surface area contributed by atoms with Crippen molar-refractivity contribution >= 4 is 5.82 Å². The molecule has 1 heterocycles. The highest BCUT2D eigenvalue weighted by atomic mass is 15.0. The van der Waals surface area contributed by atoms with Crippen molar-refractivity contribution in [1.29, 1.82) is 0 Å². The van der Waals surface area contributed by atoms with Gasteiger partial charge in [0.25, 0.3) is 0 Å². The lowest BCUT2D eigenvalue weighted by Crippen LogP contribution is -2.19. The Balaban J connectivity index is 1.94.